The standard InChI is InChI=1S/C41H52N5O10PS/c1-58(54,55)46-34(20-10-13-23-42-40(51)56-27-30-16-6-3-7-17-30)37(47)45-36(24-29-14-4-2-5-15-29)57(52,53)28-41(21-11-12-22-41)39(50)44-35(38(48)49)25-31-26-43-33-19-9-8-18-32(31)33/h2-9,14-19,26,34-36,43,46H,10-13,20-25,27-28H2,1H3,(H,42,51)(H,44,50)(H,45,47)(H,48,49)(H,52,53)/t34-,35-,36-/m0/s1. The number of H-pyrrole nitrogens is 1. The third-order valence-electron chi connectivity index (χ3n) is 10.4. The molecule has 0 radical (unpaired) electrons. The van der Waals surface area contributed by atoms with Crippen molar-refractivity contribution in [2.75, 3.05) is 19.0 Å². The van der Waals surface area contributed by atoms with Gasteiger partial charge in [0.1, 0.15) is 24.5 Å². The van der Waals surface area contributed by atoms with Gasteiger partial charge in [-0.1, -0.05) is 91.7 Å². The van der Waals surface area contributed by atoms with Gasteiger partial charge in [-0.2, -0.15) is 0 Å². The zero-order valence-corrected chi connectivity index (χ0v) is 34.1. The summed E-state index contributed by atoms with van der Waals surface area (Å²) < 4.78 is 46.9. The molecule has 3 aromatic carbocycles. The Morgan fingerprint density at radius 3 is 2.16 bits per heavy atom. The molecule has 4 aromatic rings. The number of carbonyl (C=O) groups excluding carboxylic acids is 3. The fourth-order valence-electron chi connectivity index (χ4n) is 7.42. The number of unbranched alkanes of at least 4 members (excludes halogenated alkanes) is 1. The molecule has 1 saturated carbocycles. The number of alkyl carbamates (subject to hydrolysis) is 1. The normalized spacial score (nSPS) is 16.4. The summed E-state index contributed by atoms with van der Waals surface area (Å²) in [5.74, 6) is -4.15. The summed E-state index contributed by atoms with van der Waals surface area (Å²) in [6, 6.07) is 22.6. The summed E-state index contributed by atoms with van der Waals surface area (Å²) in [6.45, 7) is 0.282. The molecule has 0 aliphatic heterocycles. The molecule has 1 fully saturated rings. The maximum atomic E-state index is 14.6. The first kappa shape index (κ1) is 44.1. The number of carbonyl (C=O) groups is 4. The van der Waals surface area contributed by atoms with Crippen molar-refractivity contribution < 1.29 is 46.9 Å². The van der Waals surface area contributed by atoms with E-state index in [0.29, 0.717) is 36.8 Å². The first-order chi connectivity index (χ1) is 27.6. The summed E-state index contributed by atoms with van der Waals surface area (Å²) in [5.41, 5.74) is 1.56. The van der Waals surface area contributed by atoms with Crippen LogP contribution < -0.4 is 20.7 Å². The van der Waals surface area contributed by atoms with Crippen molar-refractivity contribution in [3.63, 3.8) is 0 Å². The van der Waals surface area contributed by atoms with E-state index in [1.807, 2.05) is 54.6 Å². The molecule has 1 heterocycles. The van der Waals surface area contributed by atoms with Crippen molar-refractivity contribution in [3.05, 3.63) is 108 Å². The number of amides is 3. The number of sulfonamides is 1. The Kier molecular flexibility index (Phi) is 15.3. The minimum atomic E-state index is -4.50. The molecule has 1 aromatic heterocycles. The minimum Gasteiger partial charge on any atom is -0.480 e. The lowest BCUT2D eigenvalue weighted by molar-refractivity contribution is -0.143. The Morgan fingerprint density at radius 2 is 1.50 bits per heavy atom. The van der Waals surface area contributed by atoms with Crippen LogP contribution in [0.15, 0.2) is 91.1 Å². The summed E-state index contributed by atoms with van der Waals surface area (Å²) in [5, 5.41) is 18.9. The van der Waals surface area contributed by atoms with Gasteiger partial charge in [0.25, 0.3) is 0 Å². The molecule has 5 rings (SSSR count). The number of benzene rings is 3. The average Bonchev–Trinajstić information content (AvgIpc) is 3.83. The zero-order valence-electron chi connectivity index (χ0n) is 32.4. The highest BCUT2D eigenvalue weighted by atomic mass is 32.2. The Hall–Kier alpha value is -5.02. The number of para-hydroxylation sites is 1. The molecule has 1 aliphatic rings. The largest absolute Gasteiger partial charge is 0.480 e. The van der Waals surface area contributed by atoms with Crippen LogP contribution in [-0.4, -0.2) is 84.1 Å². The number of hydrogen-bond acceptors (Lipinski definition) is 8. The molecule has 4 atom stereocenters. The maximum Gasteiger partial charge on any atom is 0.407 e. The van der Waals surface area contributed by atoms with E-state index in [4.69, 9.17) is 4.74 Å². The lowest BCUT2D eigenvalue weighted by Crippen LogP contribution is -2.52. The third-order valence-corrected chi connectivity index (χ3v) is 13.5. The number of ether oxygens (including phenoxy) is 1. The second kappa shape index (κ2) is 20.1. The first-order valence-corrected chi connectivity index (χ1v) is 23.1. The van der Waals surface area contributed by atoms with Crippen molar-refractivity contribution in [2.45, 2.75) is 82.3 Å². The Morgan fingerprint density at radius 1 is 0.862 bits per heavy atom. The van der Waals surface area contributed by atoms with Gasteiger partial charge in [0.15, 0.2) is 0 Å². The van der Waals surface area contributed by atoms with Gasteiger partial charge in [0.2, 0.25) is 29.2 Å². The van der Waals surface area contributed by atoms with Crippen LogP contribution in [0.1, 0.15) is 61.6 Å². The molecular weight excluding hydrogens is 786 g/mol. The van der Waals surface area contributed by atoms with E-state index < -0.39 is 70.7 Å². The predicted molar refractivity (Wildman–Crippen MR) is 219 cm³/mol. The fraction of sp³-hybridized carbons (Fsp3) is 0.415. The van der Waals surface area contributed by atoms with Gasteiger partial charge in [-0.25, -0.2) is 22.7 Å². The second-order valence-electron chi connectivity index (χ2n) is 15.0. The van der Waals surface area contributed by atoms with E-state index in [1.54, 1.807) is 36.5 Å². The van der Waals surface area contributed by atoms with E-state index in [1.165, 1.54) is 0 Å². The van der Waals surface area contributed by atoms with Crippen LogP contribution in [0.5, 0.6) is 0 Å². The average molecular weight is 838 g/mol. The van der Waals surface area contributed by atoms with Crippen molar-refractivity contribution in [2.24, 2.45) is 5.41 Å². The smallest absolute Gasteiger partial charge is 0.407 e. The topological polar surface area (TPSA) is 233 Å². The molecule has 0 bridgehead atoms. The minimum absolute atomic E-state index is 0.00673. The van der Waals surface area contributed by atoms with Crippen molar-refractivity contribution in [1.29, 1.82) is 0 Å². The third kappa shape index (κ3) is 12.7. The number of fused-ring (bicyclic) bond motifs is 1. The molecule has 15 nitrogen and oxygen atoms in total. The van der Waals surface area contributed by atoms with Crippen LogP contribution in [0.25, 0.3) is 10.9 Å². The Bertz CT molecular complexity index is 2180. The van der Waals surface area contributed by atoms with Gasteiger partial charge in [-0.15, -0.1) is 0 Å². The van der Waals surface area contributed by atoms with E-state index in [9.17, 15) is 42.2 Å². The number of aromatic nitrogens is 1. The van der Waals surface area contributed by atoms with Crippen LogP contribution in [-0.2, 0) is 53.2 Å². The van der Waals surface area contributed by atoms with Gasteiger partial charge < -0.3 is 35.7 Å². The van der Waals surface area contributed by atoms with Gasteiger partial charge in [-0.3, -0.25) is 14.2 Å². The second-order valence-corrected chi connectivity index (χ2v) is 19.2. The molecule has 3 amide bonds. The van der Waals surface area contributed by atoms with Gasteiger partial charge in [-0.05, 0) is 54.9 Å². The summed E-state index contributed by atoms with van der Waals surface area (Å²) in [7, 11) is -8.41. The summed E-state index contributed by atoms with van der Waals surface area (Å²) in [6.07, 6.45) is 3.62. The predicted octanol–water partition coefficient (Wildman–Crippen LogP) is 4.81. The SMILES string of the molecule is CS(=O)(=O)N[C@@H](CCCCNC(=O)OCc1ccccc1)C(=O)N[C@H](Cc1ccccc1)P(=O)(O)CC1(C(=O)N[C@@H](Cc2c[nH]c3ccccc23)C(=O)O)CCCC1. The van der Waals surface area contributed by atoms with Gasteiger partial charge in [0.05, 0.1) is 11.7 Å². The summed E-state index contributed by atoms with van der Waals surface area (Å²) >= 11 is 0. The van der Waals surface area contributed by atoms with Crippen molar-refractivity contribution in [1.82, 2.24) is 25.7 Å². The van der Waals surface area contributed by atoms with Crippen molar-refractivity contribution >= 4 is 52.2 Å². The molecule has 312 valence electrons. The van der Waals surface area contributed by atoms with E-state index in [2.05, 4.69) is 25.7 Å². The fourth-order valence-corrected chi connectivity index (χ4v) is 10.5. The van der Waals surface area contributed by atoms with Crippen LogP contribution in [0.3, 0.4) is 0 Å². The molecular formula is C41H52N5O10PS. The number of aromatic amines is 1. The van der Waals surface area contributed by atoms with Crippen LogP contribution in [0.2, 0.25) is 0 Å². The van der Waals surface area contributed by atoms with Crippen molar-refractivity contribution in [3.8, 4) is 0 Å². The highest BCUT2D eigenvalue weighted by Gasteiger charge is 2.49. The molecule has 1 unspecified atom stereocenters. The molecule has 58 heavy (non-hydrogen) atoms. The number of hydrogen-bond donors (Lipinski definition) is 7. The molecule has 17 heteroatoms. The number of aliphatic carboxylic acids is 1. The quantitative estimate of drug-likeness (QED) is 0.0447. The number of carboxylic acid groups (broad SMARTS) is 1. The van der Waals surface area contributed by atoms with E-state index >= 15 is 0 Å². The Balaban J connectivity index is 1.27. The molecule has 0 saturated heterocycles. The molecule has 0 spiro atoms. The molecule has 1 aliphatic carbocycles. The van der Waals surface area contributed by atoms with Crippen LogP contribution in [0.4, 0.5) is 4.79 Å². The maximum absolute atomic E-state index is 14.6. The van der Waals surface area contributed by atoms with Crippen LogP contribution >= 0.6 is 7.37 Å². The van der Waals surface area contributed by atoms with Gasteiger partial charge in [0, 0.05) is 42.6 Å². The van der Waals surface area contributed by atoms with Crippen LogP contribution in [0, 0.1) is 5.41 Å². The molecule has 7 N–H and O–H groups in total. The monoisotopic (exact) mass is 837 g/mol. The van der Waals surface area contributed by atoms with E-state index in [-0.39, 0.29) is 45.3 Å². The number of nitrogens with one attached hydrogen (secondary N) is 5. The van der Waals surface area contributed by atoms with E-state index in [0.717, 1.165) is 22.7 Å². The zero-order chi connectivity index (χ0) is 41.8. The number of rotatable bonds is 21. The first-order valence-electron chi connectivity index (χ1n) is 19.3. The summed E-state index contributed by atoms with van der Waals surface area (Å²) in [4.78, 5) is 67.6. The van der Waals surface area contributed by atoms with Gasteiger partial charge >= 0.3 is 12.1 Å². The lowest BCUT2D eigenvalue weighted by Gasteiger charge is -2.34. The highest BCUT2D eigenvalue weighted by molar-refractivity contribution is 7.88. The number of carboxylic acids is 1. The Labute approximate surface area is 338 Å². The highest BCUT2D eigenvalue weighted by Crippen LogP contribution is 2.55. The lowest BCUT2D eigenvalue weighted by atomic mass is 9.87.